The number of aliphatic hydroxyl groups is 1. The summed E-state index contributed by atoms with van der Waals surface area (Å²) in [5.74, 6) is -1.50. The second-order valence-corrected chi connectivity index (χ2v) is 4.62. The van der Waals surface area contributed by atoms with Crippen LogP contribution in [0.25, 0.3) is 0 Å². The van der Waals surface area contributed by atoms with Crippen LogP contribution in [0.1, 0.15) is 18.6 Å². The number of aliphatic hydroxyl groups excluding tert-OH is 1. The van der Waals surface area contributed by atoms with E-state index in [4.69, 9.17) is 5.11 Å². The summed E-state index contributed by atoms with van der Waals surface area (Å²) in [5, 5.41) is 28.1. The normalized spacial score (nSPS) is 14.8. The number of carboxylic acids is 1. The molecule has 0 radical (unpaired) electrons. The fourth-order valence-electron chi connectivity index (χ4n) is 1.38. The summed E-state index contributed by atoms with van der Waals surface area (Å²) in [7, 11) is 0. The minimum atomic E-state index is -1.07. The number of phenolic OH excluding ortho intramolecular Hbond substituents is 1. The first kappa shape index (κ1) is 13.7. The number of benzene rings is 1. The van der Waals surface area contributed by atoms with Crippen molar-refractivity contribution in [3.63, 3.8) is 0 Å². The van der Waals surface area contributed by atoms with Gasteiger partial charge >= 0.3 is 5.97 Å². The summed E-state index contributed by atoms with van der Waals surface area (Å²) in [6.07, 6.45) is 1.40. The van der Waals surface area contributed by atoms with E-state index in [0.717, 1.165) is 10.5 Å². The smallest absolute Gasteiger partial charge is 0.327 e. The second-order valence-electron chi connectivity index (χ2n) is 3.70. The van der Waals surface area contributed by atoms with Crippen molar-refractivity contribution in [2.45, 2.75) is 13.0 Å². The maximum atomic E-state index is 10.4. The summed E-state index contributed by atoms with van der Waals surface area (Å²) in [6, 6.07) is 4.73. The van der Waals surface area contributed by atoms with Gasteiger partial charge in [-0.3, -0.25) is 0 Å². The number of hydrogen-bond acceptors (Lipinski definition) is 3. The molecular formula is C12H13BrO4. The topological polar surface area (TPSA) is 77.8 Å². The first-order chi connectivity index (χ1) is 7.91. The quantitative estimate of drug-likeness (QED) is 0.747. The highest BCUT2D eigenvalue weighted by Gasteiger charge is 2.18. The predicted molar refractivity (Wildman–Crippen MR) is 66.7 cm³/mol. The van der Waals surface area contributed by atoms with Crippen LogP contribution in [0.4, 0.5) is 0 Å². The van der Waals surface area contributed by atoms with E-state index < -0.39 is 18.0 Å². The van der Waals surface area contributed by atoms with Crippen LogP contribution in [-0.4, -0.2) is 21.3 Å². The summed E-state index contributed by atoms with van der Waals surface area (Å²) in [6.45, 7) is 1.67. The van der Waals surface area contributed by atoms with Crippen LogP contribution >= 0.6 is 15.9 Å². The van der Waals surface area contributed by atoms with Crippen molar-refractivity contribution in [1.82, 2.24) is 0 Å². The van der Waals surface area contributed by atoms with Crippen molar-refractivity contribution < 1.29 is 20.1 Å². The Hall–Kier alpha value is -1.33. The molecule has 1 aromatic carbocycles. The molecule has 0 bridgehead atoms. The molecule has 0 heterocycles. The Bertz CT molecular complexity index is 442. The molecule has 5 heteroatoms. The van der Waals surface area contributed by atoms with Crippen molar-refractivity contribution in [2.24, 2.45) is 5.92 Å². The van der Waals surface area contributed by atoms with Gasteiger partial charge in [-0.05, 0) is 18.2 Å². The standard InChI is InChI=1S/C12H13BrO4/c1-7(2-5-11(15)16)12(17)9-6-8(13)3-4-10(9)14/h2-7,12,14,17H,1H3,(H,15,16)/b5-2+/t7-,12-/m1/s1. The maximum absolute atomic E-state index is 10.4. The molecule has 0 amide bonds. The summed E-state index contributed by atoms with van der Waals surface area (Å²) >= 11 is 3.24. The third kappa shape index (κ3) is 3.87. The molecule has 0 unspecified atom stereocenters. The molecule has 4 nitrogen and oxygen atoms in total. The minimum Gasteiger partial charge on any atom is -0.508 e. The molecule has 0 aliphatic heterocycles. The average Bonchev–Trinajstić information content (AvgIpc) is 2.28. The van der Waals surface area contributed by atoms with Crippen molar-refractivity contribution in [2.75, 3.05) is 0 Å². The van der Waals surface area contributed by atoms with E-state index in [1.807, 2.05) is 0 Å². The van der Waals surface area contributed by atoms with Gasteiger partial charge in [-0.15, -0.1) is 0 Å². The van der Waals surface area contributed by atoms with Crippen LogP contribution in [-0.2, 0) is 4.79 Å². The molecule has 0 aliphatic rings. The Kier molecular flexibility index (Phi) is 4.72. The van der Waals surface area contributed by atoms with E-state index in [9.17, 15) is 15.0 Å². The van der Waals surface area contributed by atoms with Crippen molar-refractivity contribution in [3.05, 3.63) is 40.4 Å². The number of phenols is 1. The zero-order valence-corrected chi connectivity index (χ0v) is 10.8. The Morgan fingerprint density at radius 1 is 1.47 bits per heavy atom. The van der Waals surface area contributed by atoms with Crippen LogP contribution in [0.2, 0.25) is 0 Å². The molecule has 0 spiro atoms. The largest absolute Gasteiger partial charge is 0.508 e. The lowest BCUT2D eigenvalue weighted by molar-refractivity contribution is -0.131. The predicted octanol–water partition coefficient (Wildman–Crippen LogP) is 2.47. The molecule has 0 saturated heterocycles. The van der Waals surface area contributed by atoms with Crippen LogP contribution < -0.4 is 0 Å². The number of rotatable bonds is 4. The number of carboxylic acid groups (broad SMARTS) is 1. The van der Waals surface area contributed by atoms with Gasteiger partial charge in [-0.25, -0.2) is 4.79 Å². The van der Waals surface area contributed by atoms with E-state index in [0.29, 0.717) is 5.56 Å². The average molecular weight is 301 g/mol. The Balaban J connectivity index is 2.91. The van der Waals surface area contributed by atoms with E-state index >= 15 is 0 Å². The summed E-state index contributed by atoms with van der Waals surface area (Å²) in [5.41, 5.74) is 0.363. The van der Waals surface area contributed by atoms with Crippen molar-refractivity contribution >= 4 is 21.9 Å². The maximum Gasteiger partial charge on any atom is 0.327 e. The first-order valence-corrected chi connectivity index (χ1v) is 5.78. The lowest BCUT2D eigenvalue weighted by Crippen LogP contribution is -2.07. The fourth-order valence-corrected chi connectivity index (χ4v) is 1.76. The third-order valence-corrected chi connectivity index (χ3v) is 2.84. The number of hydrogen-bond donors (Lipinski definition) is 3. The van der Waals surface area contributed by atoms with Gasteiger partial charge in [0.15, 0.2) is 0 Å². The van der Waals surface area contributed by atoms with Crippen molar-refractivity contribution in [1.29, 1.82) is 0 Å². The van der Waals surface area contributed by atoms with Crippen LogP contribution in [0.3, 0.4) is 0 Å². The van der Waals surface area contributed by atoms with E-state index in [-0.39, 0.29) is 5.75 Å². The number of halogens is 1. The van der Waals surface area contributed by atoms with Gasteiger partial charge in [0.25, 0.3) is 0 Å². The molecule has 0 aliphatic carbocycles. The highest BCUT2D eigenvalue weighted by molar-refractivity contribution is 9.10. The zero-order chi connectivity index (χ0) is 13.0. The molecule has 3 N–H and O–H groups in total. The number of carbonyl (C=O) groups is 1. The second kappa shape index (κ2) is 5.84. The Morgan fingerprint density at radius 2 is 2.12 bits per heavy atom. The van der Waals surface area contributed by atoms with Crippen LogP contribution in [0.15, 0.2) is 34.8 Å². The molecule has 1 aromatic rings. The zero-order valence-electron chi connectivity index (χ0n) is 9.17. The third-order valence-electron chi connectivity index (χ3n) is 2.35. The highest BCUT2D eigenvalue weighted by atomic mass is 79.9. The SMILES string of the molecule is C[C@H](/C=C/C(=O)O)[C@@H](O)c1cc(Br)ccc1O. The van der Waals surface area contributed by atoms with Gasteiger partial charge in [-0.1, -0.05) is 28.9 Å². The van der Waals surface area contributed by atoms with Gasteiger partial charge in [0, 0.05) is 22.0 Å². The van der Waals surface area contributed by atoms with Gasteiger partial charge in [0.05, 0.1) is 6.10 Å². The molecule has 17 heavy (non-hydrogen) atoms. The number of aliphatic carboxylic acids is 1. The lowest BCUT2D eigenvalue weighted by Gasteiger charge is -2.17. The van der Waals surface area contributed by atoms with E-state index in [1.165, 1.54) is 12.1 Å². The Labute approximate surface area is 107 Å². The minimum absolute atomic E-state index is 0.0173. The van der Waals surface area contributed by atoms with Crippen LogP contribution in [0.5, 0.6) is 5.75 Å². The molecule has 1 rings (SSSR count). The molecule has 2 atom stereocenters. The monoisotopic (exact) mass is 300 g/mol. The van der Waals surface area contributed by atoms with Crippen LogP contribution in [0, 0.1) is 5.92 Å². The highest BCUT2D eigenvalue weighted by Crippen LogP contribution is 2.32. The van der Waals surface area contributed by atoms with Gasteiger partial charge in [-0.2, -0.15) is 0 Å². The number of aromatic hydroxyl groups is 1. The van der Waals surface area contributed by atoms with E-state index in [2.05, 4.69) is 15.9 Å². The van der Waals surface area contributed by atoms with E-state index in [1.54, 1.807) is 19.1 Å². The van der Waals surface area contributed by atoms with Gasteiger partial charge in [0.2, 0.25) is 0 Å². The Morgan fingerprint density at radius 3 is 2.71 bits per heavy atom. The molecular weight excluding hydrogens is 288 g/mol. The van der Waals surface area contributed by atoms with Gasteiger partial charge in [0.1, 0.15) is 5.75 Å². The fraction of sp³-hybridized carbons (Fsp3) is 0.250. The summed E-state index contributed by atoms with van der Waals surface area (Å²) in [4.78, 5) is 10.4. The van der Waals surface area contributed by atoms with Gasteiger partial charge < -0.3 is 15.3 Å². The molecule has 0 saturated carbocycles. The molecule has 0 fully saturated rings. The van der Waals surface area contributed by atoms with Crippen molar-refractivity contribution in [3.8, 4) is 5.75 Å². The lowest BCUT2D eigenvalue weighted by atomic mass is 9.96. The molecule has 92 valence electrons. The first-order valence-electron chi connectivity index (χ1n) is 4.99. The summed E-state index contributed by atoms with van der Waals surface area (Å²) < 4.78 is 0.735. The molecule has 0 aromatic heterocycles.